The molecule has 1 heterocycles. The molecule has 1 aromatic carbocycles. The maximum absolute atomic E-state index is 13.3. The maximum atomic E-state index is 13.3. The minimum absolute atomic E-state index is 0.0931. The lowest BCUT2D eigenvalue weighted by molar-refractivity contribution is -0.136. The SMILES string of the molecule is Cc1nc(=O)n(-c2ccc(F)c(F)c2)c(C)c1CC(=O)O. The second kappa shape index (κ2) is 5.43. The zero-order valence-corrected chi connectivity index (χ0v) is 11.4. The highest BCUT2D eigenvalue weighted by atomic mass is 19.2. The topological polar surface area (TPSA) is 72.2 Å². The number of carboxylic acid groups (broad SMARTS) is 1. The van der Waals surface area contributed by atoms with Gasteiger partial charge in [0.05, 0.1) is 12.1 Å². The summed E-state index contributed by atoms with van der Waals surface area (Å²) in [6.45, 7) is 3.07. The Labute approximate surface area is 118 Å². The van der Waals surface area contributed by atoms with Crippen molar-refractivity contribution in [3.8, 4) is 5.69 Å². The van der Waals surface area contributed by atoms with Crippen LogP contribution >= 0.6 is 0 Å². The molecule has 0 aliphatic rings. The Morgan fingerprint density at radius 1 is 1.29 bits per heavy atom. The molecule has 21 heavy (non-hydrogen) atoms. The van der Waals surface area contributed by atoms with Crippen LogP contribution in [-0.4, -0.2) is 20.6 Å². The Kier molecular flexibility index (Phi) is 3.84. The molecule has 5 nitrogen and oxygen atoms in total. The van der Waals surface area contributed by atoms with Crippen molar-refractivity contribution in [2.45, 2.75) is 20.3 Å². The van der Waals surface area contributed by atoms with Crippen LogP contribution in [0.15, 0.2) is 23.0 Å². The van der Waals surface area contributed by atoms with E-state index in [1.54, 1.807) is 0 Å². The molecule has 0 saturated carbocycles. The molecule has 0 amide bonds. The molecule has 0 saturated heterocycles. The van der Waals surface area contributed by atoms with Crippen molar-refractivity contribution >= 4 is 5.97 Å². The molecule has 7 heteroatoms. The van der Waals surface area contributed by atoms with E-state index in [2.05, 4.69) is 4.98 Å². The summed E-state index contributed by atoms with van der Waals surface area (Å²) in [5.41, 5.74) is 0.423. The predicted molar refractivity (Wildman–Crippen MR) is 70.6 cm³/mol. The number of hydrogen-bond acceptors (Lipinski definition) is 3. The maximum Gasteiger partial charge on any atom is 0.352 e. The average Bonchev–Trinajstić information content (AvgIpc) is 2.38. The minimum Gasteiger partial charge on any atom is -0.481 e. The van der Waals surface area contributed by atoms with Crippen molar-refractivity contribution in [2.75, 3.05) is 0 Å². The standard InChI is InChI=1S/C14H12F2N2O3/c1-7-10(6-13(19)20)8(2)18(14(21)17-7)9-3-4-11(15)12(16)5-9/h3-5H,6H2,1-2H3,(H,19,20). The van der Waals surface area contributed by atoms with E-state index in [0.29, 0.717) is 17.0 Å². The third-order valence-corrected chi connectivity index (χ3v) is 3.15. The fourth-order valence-electron chi connectivity index (χ4n) is 2.14. The first-order chi connectivity index (χ1) is 9.81. The summed E-state index contributed by atoms with van der Waals surface area (Å²) in [6, 6.07) is 2.99. The van der Waals surface area contributed by atoms with Gasteiger partial charge in [-0.15, -0.1) is 0 Å². The molecule has 0 aliphatic heterocycles. The van der Waals surface area contributed by atoms with Gasteiger partial charge in [-0.05, 0) is 26.0 Å². The molecule has 0 radical (unpaired) electrons. The van der Waals surface area contributed by atoms with Crippen LogP contribution in [0.4, 0.5) is 8.78 Å². The number of carboxylic acids is 1. The summed E-state index contributed by atoms with van der Waals surface area (Å²) in [4.78, 5) is 26.6. The molecule has 0 bridgehead atoms. The molecule has 1 N–H and O–H groups in total. The van der Waals surface area contributed by atoms with Gasteiger partial charge in [-0.2, -0.15) is 4.98 Å². The van der Waals surface area contributed by atoms with E-state index in [1.807, 2.05) is 0 Å². The fourth-order valence-corrected chi connectivity index (χ4v) is 2.14. The molecular weight excluding hydrogens is 282 g/mol. The van der Waals surface area contributed by atoms with E-state index in [-0.39, 0.29) is 12.1 Å². The lowest BCUT2D eigenvalue weighted by Gasteiger charge is -2.14. The first-order valence-electron chi connectivity index (χ1n) is 6.07. The number of nitrogens with zero attached hydrogens (tertiary/aromatic N) is 2. The van der Waals surface area contributed by atoms with Crippen molar-refractivity contribution < 1.29 is 18.7 Å². The third-order valence-electron chi connectivity index (χ3n) is 3.15. The molecule has 1 aromatic heterocycles. The predicted octanol–water partition coefficient (Wildman–Crippen LogP) is 1.75. The summed E-state index contributed by atoms with van der Waals surface area (Å²) in [7, 11) is 0. The molecular formula is C14H12F2N2O3. The number of carbonyl (C=O) groups is 1. The summed E-state index contributed by atoms with van der Waals surface area (Å²) in [6.07, 6.45) is -0.311. The summed E-state index contributed by atoms with van der Waals surface area (Å²) in [5.74, 6) is -3.20. The summed E-state index contributed by atoms with van der Waals surface area (Å²) < 4.78 is 27.4. The van der Waals surface area contributed by atoms with E-state index in [0.717, 1.165) is 16.7 Å². The van der Waals surface area contributed by atoms with Crippen molar-refractivity contribution in [3.63, 3.8) is 0 Å². The van der Waals surface area contributed by atoms with Gasteiger partial charge in [0.1, 0.15) is 0 Å². The van der Waals surface area contributed by atoms with Crippen LogP contribution in [0.5, 0.6) is 0 Å². The molecule has 0 spiro atoms. The second-order valence-electron chi connectivity index (χ2n) is 4.55. The van der Waals surface area contributed by atoms with Crippen LogP contribution in [0.1, 0.15) is 17.0 Å². The van der Waals surface area contributed by atoms with Crippen LogP contribution < -0.4 is 5.69 Å². The van der Waals surface area contributed by atoms with E-state index < -0.39 is 23.3 Å². The third kappa shape index (κ3) is 2.81. The zero-order chi connectivity index (χ0) is 15.7. The highest BCUT2D eigenvalue weighted by Crippen LogP contribution is 2.17. The smallest absolute Gasteiger partial charge is 0.352 e. The summed E-state index contributed by atoms with van der Waals surface area (Å²) in [5, 5.41) is 8.90. The van der Waals surface area contributed by atoms with Crippen molar-refractivity contribution in [1.29, 1.82) is 0 Å². The van der Waals surface area contributed by atoms with Gasteiger partial charge in [-0.3, -0.25) is 9.36 Å². The number of aromatic nitrogens is 2. The van der Waals surface area contributed by atoms with Crippen LogP contribution in [-0.2, 0) is 11.2 Å². The Bertz CT molecular complexity index is 785. The van der Waals surface area contributed by atoms with Gasteiger partial charge in [-0.25, -0.2) is 13.6 Å². The van der Waals surface area contributed by atoms with Crippen LogP contribution in [0.3, 0.4) is 0 Å². The zero-order valence-electron chi connectivity index (χ0n) is 11.4. The van der Waals surface area contributed by atoms with Crippen LogP contribution in [0, 0.1) is 25.5 Å². The van der Waals surface area contributed by atoms with Crippen molar-refractivity contribution in [1.82, 2.24) is 9.55 Å². The number of aliphatic carboxylic acids is 1. The fraction of sp³-hybridized carbons (Fsp3) is 0.214. The molecule has 0 aliphatic carbocycles. The monoisotopic (exact) mass is 294 g/mol. The van der Waals surface area contributed by atoms with E-state index in [4.69, 9.17) is 5.11 Å². The van der Waals surface area contributed by atoms with Crippen LogP contribution in [0.25, 0.3) is 5.69 Å². The van der Waals surface area contributed by atoms with Gasteiger partial charge in [0, 0.05) is 23.0 Å². The summed E-state index contributed by atoms with van der Waals surface area (Å²) >= 11 is 0. The quantitative estimate of drug-likeness (QED) is 0.936. The Morgan fingerprint density at radius 2 is 1.95 bits per heavy atom. The molecule has 0 unspecified atom stereocenters. The van der Waals surface area contributed by atoms with Gasteiger partial charge >= 0.3 is 11.7 Å². The lowest BCUT2D eigenvalue weighted by atomic mass is 10.1. The highest BCUT2D eigenvalue weighted by molar-refractivity contribution is 5.71. The van der Waals surface area contributed by atoms with Gasteiger partial charge in [-0.1, -0.05) is 0 Å². The number of benzene rings is 1. The van der Waals surface area contributed by atoms with Crippen molar-refractivity contribution in [3.05, 3.63) is 57.3 Å². The molecule has 2 aromatic rings. The number of halogens is 2. The molecule has 0 fully saturated rings. The Balaban J connectivity index is 2.71. The number of hydrogen-bond donors (Lipinski definition) is 1. The first-order valence-corrected chi connectivity index (χ1v) is 6.07. The van der Waals surface area contributed by atoms with E-state index in [9.17, 15) is 18.4 Å². The van der Waals surface area contributed by atoms with Gasteiger partial charge in [0.15, 0.2) is 11.6 Å². The largest absolute Gasteiger partial charge is 0.481 e. The lowest BCUT2D eigenvalue weighted by Crippen LogP contribution is -2.27. The van der Waals surface area contributed by atoms with Crippen LogP contribution in [0.2, 0.25) is 0 Å². The second-order valence-corrected chi connectivity index (χ2v) is 4.55. The Morgan fingerprint density at radius 3 is 2.52 bits per heavy atom. The first kappa shape index (κ1) is 14.8. The average molecular weight is 294 g/mol. The van der Waals surface area contributed by atoms with Crippen molar-refractivity contribution in [2.24, 2.45) is 0 Å². The molecule has 0 atom stereocenters. The normalized spacial score (nSPS) is 10.7. The number of aryl methyl sites for hydroxylation is 1. The van der Waals surface area contributed by atoms with Gasteiger partial charge < -0.3 is 5.11 Å². The van der Waals surface area contributed by atoms with E-state index in [1.165, 1.54) is 19.9 Å². The van der Waals surface area contributed by atoms with E-state index >= 15 is 0 Å². The Hall–Kier alpha value is -2.57. The number of rotatable bonds is 3. The highest BCUT2D eigenvalue weighted by Gasteiger charge is 2.16. The van der Waals surface area contributed by atoms with Gasteiger partial charge in [0.2, 0.25) is 0 Å². The minimum atomic E-state index is -1.10. The van der Waals surface area contributed by atoms with Gasteiger partial charge in [0.25, 0.3) is 0 Å². The molecule has 110 valence electrons. The molecule has 2 rings (SSSR count).